The average molecular weight is 272 g/mol. The molecule has 0 spiro atoms. The van der Waals surface area contributed by atoms with Gasteiger partial charge in [-0.15, -0.1) is 0 Å². The van der Waals surface area contributed by atoms with Crippen LogP contribution in [0.3, 0.4) is 0 Å². The summed E-state index contributed by atoms with van der Waals surface area (Å²) in [4.78, 5) is 0. The fraction of sp³-hybridized carbons (Fsp3) is 0.400. The maximum atomic E-state index is 13.0. The number of alkyl halides is 3. The van der Waals surface area contributed by atoms with Gasteiger partial charge in [-0.05, 0) is 17.7 Å². The van der Waals surface area contributed by atoms with Crippen molar-refractivity contribution in [2.75, 3.05) is 0 Å². The Morgan fingerprint density at radius 2 is 1.94 bits per heavy atom. The van der Waals surface area contributed by atoms with E-state index in [1.165, 1.54) is 6.07 Å². The van der Waals surface area contributed by atoms with Crippen LogP contribution in [-0.4, -0.2) is 17.3 Å². The minimum absolute atomic E-state index is 0.00611. The molecular formula is C10H10ClF4NO. The number of hydrogen-bond acceptors (Lipinski definition) is 2. The van der Waals surface area contributed by atoms with E-state index in [0.29, 0.717) is 0 Å². The summed E-state index contributed by atoms with van der Waals surface area (Å²) in [5, 5.41) is 9.31. The first-order valence-electron chi connectivity index (χ1n) is 4.67. The molecule has 0 aliphatic rings. The van der Waals surface area contributed by atoms with Crippen molar-refractivity contribution >= 4 is 11.6 Å². The summed E-state index contributed by atoms with van der Waals surface area (Å²) in [5.74, 6) is -0.802. The van der Waals surface area contributed by atoms with Crippen molar-refractivity contribution in [2.24, 2.45) is 5.73 Å². The number of rotatable bonds is 3. The fourth-order valence-corrected chi connectivity index (χ4v) is 1.35. The van der Waals surface area contributed by atoms with Crippen LogP contribution in [0.15, 0.2) is 18.2 Å². The third-order valence-electron chi connectivity index (χ3n) is 2.23. The number of halogens is 5. The molecule has 0 aromatic heterocycles. The SMILES string of the molecule is N[C@@H](C[C@@H](O)c1ccc(Cl)c(F)c1)C(F)(F)F. The molecular weight excluding hydrogens is 262 g/mol. The molecule has 2 nitrogen and oxygen atoms in total. The van der Waals surface area contributed by atoms with Crippen molar-refractivity contribution in [1.82, 2.24) is 0 Å². The van der Waals surface area contributed by atoms with Crippen LogP contribution in [0, 0.1) is 5.82 Å². The summed E-state index contributed by atoms with van der Waals surface area (Å²) < 4.78 is 49.4. The van der Waals surface area contributed by atoms with E-state index >= 15 is 0 Å². The maximum Gasteiger partial charge on any atom is 0.403 e. The smallest absolute Gasteiger partial charge is 0.388 e. The Bertz CT molecular complexity index is 396. The van der Waals surface area contributed by atoms with E-state index in [4.69, 9.17) is 17.3 Å². The lowest BCUT2D eigenvalue weighted by molar-refractivity contribution is -0.153. The quantitative estimate of drug-likeness (QED) is 0.831. The van der Waals surface area contributed by atoms with Crippen molar-refractivity contribution in [3.05, 3.63) is 34.6 Å². The second-order valence-electron chi connectivity index (χ2n) is 3.57. The third-order valence-corrected chi connectivity index (χ3v) is 2.53. The van der Waals surface area contributed by atoms with Crippen LogP contribution in [0.2, 0.25) is 5.02 Å². The molecule has 0 bridgehead atoms. The number of aliphatic hydroxyl groups is 1. The van der Waals surface area contributed by atoms with Gasteiger partial charge in [-0.3, -0.25) is 0 Å². The van der Waals surface area contributed by atoms with Gasteiger partial charge in [0.25, 0.3) is 0 Å². The highest BCUT2D eigenvalue weighted by molar-refractivity contribution is 6.30. The van der Waals surface area contributed by atoms with Gasteiger partial charge < -0.3 is 10.8 Å². The van der Waals surface area contributed by atoms with Crippen LogP contribution >= 0.6 is 11.6 Å². The molecule has 1 rings (SSSR count). The highest BCUT2D eigenvalue weighted by Crippen LogP contribution is 2.28. The van der Waals surface area contributed by atoms with Crippen LogP contribution in [0.4, 0.5) is 17.6 Å². The lowest BCUT2D eigenvalue weighted by Gasteiger charge is -2.19. The zero-order valence-corrected chi connectivity index (χ0v) is 9.26. The minimum Gasteiger partial charge on any atom is -0.388 e. The lowest BCUT2D eigenvalue weighted by atomic mass is 10.0. The summed E-state index contributed by atoms with van der Waals surface area (Å²) in [6.07, 6.45) is -6.81. The molecule has 0 aliphatic carbocycles. The monoisotopic (exact) mass is 271 g/mol. The summed E-state index contributed by atoms with van der Waals surface area (Å²) >= 11 is 5.40. The van der Waals surface area contributed by atoms with Gasteiger partial charge in [-0.1, -0.05) is 17.7 Å². The summed E-state index contributed by atoms with van der Waals surface area (Å²) in [5.41, 5.74) is 4.86. The highest BCUT2D eigenvalue weighted by atomic mass is 35.5. The predicted molar refractivity (Wildman–Crippen MR) is 55.0 cm³/mol. The third kappa shape index (κ3) is 3.83. The van der Waals surface area contributed by atoms with Gasteiger partial charge in [-0.2, -0.15) is 13.2 Å². The van der Waals surface area contributed by atoms with Gasteiger partial charge >= 0.3 is 6.18 Å². The van der Waals surface area contributed by atoms with E-state index in [0.717, 1.165) is 12.1 Å². The first kappa shape index (κ1) is 14.2. The molecule has 0 amide bonds. The van der Waals surface area contributed by atoms with E-state index in [-0.39, 0.29) is 10.6 Å². The zero-order chi connectivity index (χ0) is 13.2. The van der Waals surface area contributed by atoms with Gasteiger partial charge in [0.15, 0.2) is 0 Å². The maximum absolute atomic E-state index is 13.0. The zero-order valence-electron chi connectivity index (χ0n) is 8.51. The van der Waals surface area contributed by atoms with E-state index < -0.39 is 30.6 Å². The number of nitrogens with two attached hydrogens (primary N) is 1. The van der Waals surface area contributed by atoms with Crippen molar-refractivity contribution in [2.45, 2.75) is 24.7 Å². The van der Waals surface area contributed by atoms with Crippen LogP contribution in [0.25, 0.3) is 0 Å². The van der Waals surface area contributed by atoms with Crippen molar-refractivity contribution < 1.29 is 22.7 Å². The number of benzene rings is 1. The normalized spacial score (nSPS) is 15.7. The van der Waals surface area contributed by atoms with Crippen LogP contribution in [0.5, 0.6) is 0 Å². The molecule has 0 heterocycles. The number of aliphatic hydroxyl groups excluding tert-OH is 1. The predicted octanol–water partition coefficient (Wildman–Crippen LogP) is 2.79. The minimum atomic E-state index is -4.59. The first-order chi connectivity index (χ1) is 7.71. The van der Waals surface area contributed by atoms with Crippen LogP contribution in [0.1, 0.15) is 18.1 Å². The molecule has 1 aromatic rings. The first-order valence-corrected chi connectivity index (χ1v) is 5.05. The molecule has 3 N–H and O–H groups in total. The molecule has 2 atom stereocenters. The lowest BCUT2D eigenvalue weighted by Crippen LogP contribution is -2.38. The standard InChI is InChI=1S/C10H10ClF4NO/c11-6-2-1-5(3-7(6)12)8(17)4-9(16)10(13,14)15/h1-3,8-9,17H,4,16H2/t8-,9+/m1/s1. The molecule has 0 radical (unpaired) electrons. The molecule has 96 valence electrons. The van der Waals surface area contributed by atoms with Crippen LogP contribution < -0.4 is 5.73 Å². The highest BCUT2D eigenvalue weighted by Gasteiger charge is 2.37. The molecule has 17 heavy (non-hydrogen) atoms. The molecule has 1 aromatic carbocycles. The molecule has 0 saturated carbocycles. The average Bonchev–Trinajstić information content (AvgIpc) is 2.20. The molecule has 0 fully saturated rings. The van der Waals surface area contributed by atoms with Gasteiger partial charge in [0.05, 0.1) is 11.1 Å². The molecule has 0 saturated heterocycles. The second kappa shape index (κ2) is 5.20. The fourth-order valence-electron chi connectivity index (χ4n) is 1.23. The van der Waals surface area contributed by atoms with Crippen LogP contribution in [-0.2, 0) is 0 Å². The number of hydrogen-bond donors (Lipinski definition) is 2. The Labute approximate surface area is 100.0 Å². The summed E-state index contributed by atoms with van der Waals surface area (Å²) in [6, 6.07) is 1.14. The Hall–Kier alpha value is -0.850. The van der Waals surface area contributed by atoms with Gasteiger partial charge in [-0.25, -0.2) is 4.39 Å². The summed E-state index contributed by atoms with van der Waals surface area (Å²) in [6.45, 7) is 0. The Balaban J connectivity index is 2.76. The van der Waals surface area contributed by atoms with E-state index in [2.05, 4.69) is 0 Å². The van der Waals surface area contributed by atoms with Gasteiger partial charge in [0.2, 0.25) is 0 Å². The summed E-state index contributed by atoms with van der Waals surface area (Å²) in [7, 11) is 0. The molecule has 7 heteroatoms. The Morgan fingerprint density at radius 1 is 1.35 bits per heavy atom. The van der Waals surface area contributed by atoms with E-state index in [9.17, 15) is 22.7 Å². The van der Waals surface area contributed by atoms with Gasteiger partial charge in [0.1, 0.15) is 11.9 Å². The van der Waals surface area contributed by atoms with Crippen molar-refractivity contribution in [1.29, 1.82) is 0 Å². The van der Waals surface area contributed by atoms with E-state index in [1.807, 2.05) is 0 Å². The largest absolute Gasteiger partial charge is 0.403 e. The molecule has 0 aliphatic heterocycles. The topological polar surface area (TPSA) is 46.2 Å². The van der Waals surface area contributed by atoms with Crippen molar-refractivity contribution in [3.63, 3.8) is 0 Å². The molecule has 0 unspecified atom stereocenters. The Morgan fingerprint density at radius 3 is 2.41 bits per heavy atom. The second-order valence-corrected chi connectivity index (χ2v) is 3.98. The Kier molecular flexibility index (Phi) is 4.35. The van der Waals surface area contributed by atoms with E-state index in [1.54, 1.807) is 0 Å². The van der Waals surface area contributed by atoms with Crippen molar-refractivity contribution in [3.8, 4) is 0 Å². The van der Waals surface area contributed by atoms with Gasteiger partial charge in [0, 0.05) is 6.42 Å².